The number of rotatable bonds is 3. The van der Waals surface area contributed by atoms with Crippen LogP contribution in [0.15, 0.2) is 0 Å². The number of hydrogen-bond donors (Lipinski definition) is 2. The SMILES string of the molecule is N[C@H](CS)C(=O)OC1CCCCCC1. The van der Waals surface area contributed by atoms with Crippen LogP contribution in [0.25, 0.3) is 0 Å². The summed E-state index contributed by atoms with van der Waals surface area (Å²) in [6, 6.07) is -0.568. The van der Waals surface area contributed by atoms with Crippen LogP contribution in [0.3, 0.4) is 0 Å². The first kappa shape index (κ1) is 11.9. The maximum absolute atomic E-state index is 11.4. The van der Waals surface area contributed by atoms with Gasteiger partial charge in [-0.1, -0.05) is 12.8 Å². The molecular weight excluding hydrogens is 198 g/mol. The number of ether oxygens (including phenoxy) is 1. The topological polar surface area (TPSA) is 52.3 Å². The van der Waals surface area contributed by atoms with Crippen molar-refractivity contribution in [1.82, 2.24) is 0 Å². The molecule has 1 rings (SSSR count). The van der Waals surface area contributed by atoms with E-state index in [4.69, 9.17) is 10.5 Å². The second-order valence-electron chi connectivity index (χ2n) is 3.84. The van der Waals surface area contributed by atoms with Crippen molar-refractivity contribution in [2.45, 2.75) is 50.7 Å². The van der Waals surface area contributed by atoms with Gasteiger partial charge in [0.25, 0.3) is 0 Å². The van der Waals surface area contributed by atoms with Crippen LogP contribution in [0.5, 0.6) is 0 Å². The van der Waals surface area contributed by atoms with Crippen molar-refractivity contribution in [3.8, 4) is 0 Å². The maximum Gasteiger partial charge on any atom is 0.324 e. The van der Waals surface area contributed by atoms with E-state index in [2.05, 4.69) is 12.6 Å². The van der Waals surface area contributed by atoms with Crippen molar-refractivity contribution in [2.75, 3.05) is 5.75 Å². The van der Waals surface area contributed by atoms with E-state index in [0.29, 0.717) is 5.75 Å². The Balaban J connectivity index is 2.30. The predicted octanol–water partition coefficient (Wildman–Crippen LogP) is 1.51. The average molecular weight is 217 g/mol. The lowest BCUT2D eigenvalue weighted by Gasteiger charge is -2.17. The summed E-state index contributed by atoms with van der Waals surface area (Å²) < 4.78 is 5.31. The van der Waals surface area contributed by atoms with Crippen LogP contribution in [0.4, 0.5) is 0 Å². The Morgan fingerprint density at radius 3 is 2.43 bits per heavy atom. The van der Waals surface area contributed by atoms with Crippen molar-refractivity contribution in [1.29, 1.82) is 0 Å². The normalized spacial score (nSPS) is 21.3. The van der Waals surface area contributed by atoms with Gasteiger partial charge in [0.15, 0.2) is 0 Å². The zero-order chi connectivity index (χ0) is 10.4. The average Bonchev–Trinajstić information content (AvgIpc) is 2.45. The van der Waals surface area contributed by atoms with E-state index in [1.165, 1.54) is 12.8 Å². The highest BCUT2D eigenvalue weighted by Gasteiger charge is 2.20. The van der Waals surface area contributed by atoms with Crippen LogP contribution >= 0.6 is 12.6 Å². The highest BCUT2D eigenvalue weighted by molar-refractivity contribution is 7.80. The number of esters is 1. The van der Waals surface area contributed by atoms with Gasteiger partial charge in [0, 0.05) is 5.75 Å². The number of carbonyl (C=O) groups excluding carboxylic acids is 1. The summed E-state index contributed by atoms with van der Waals surface area (Å²) in [6.07, 6.45) is 6.91. The van der Waals surface area contributed by atoms with E-state index < -0.39 is 6.04 Å². The zero-order valence-corrected chi connectivity index (χ0v) is 9.34. The van der Waals surface area contributed by atoms with Gasteiger partial charge in [0.2, 0.25) is 0 Å². The Labute approximate surface area is 90.8 Å². The van der Waals surface area contributed by atoms with Gasteiger partial charge in [-0.2, -0.15) is 12.6 Å². The minimum Gasteiger partial charge on any atom is -0.461 e. The van der Waals surface area contributed by atoms with Crippen molar-refractivity contribution < 1.29 is 9.53 Å². The molecule has 0 bridgehead atoms. The van der Waals surface area contributed by atoms with E-state index >= 15 is 0 Å². The summed E-state index contributed by atoms with van der Waals surface area (Å²) in [5.74, 6) is 0.0536. The smallest absolute Gasteiger partial charge is 0.324 e. The van der Waals surface area contributed by atoms with Gasteiger partial charge in [-0.15, -0.1) is 0 Å². The van der Waals surface area contributed by atoms with Gasteiger partial charge in [-0.25, -0.2) is 0 Å². The first-order valence-corrected chi connectivity index (χ1v) is 5.94. The molecule has 0 spiro atoms. The molecule has 1 fully saturated rings. The highest BCUT2D eigenvalue weighted by atomic mass is 32.1. The van der Waals surface area contributed by atoms with Crippen LogP contribution < -0.4 is 5.73 Å². The molecule has 82 valence electrons. The fourth-order valence-electron chi connectivity index (χ4n) is 1.69. The summed E-state index contributed by atoms with van der Waals surface area (Å²) in [6.45, 7) is 0. The van der Waals surface area contributed by atoms with Crippen LogP contribution in [0, 0.1) is 0 Å². The number of carbonyl (C=O) groups is 1. The van der Waals surface area contributed by atoms with Gasteiger partial charge in [-0.05, 0) is 25.7 Å². The Morgan fingerprint density at radius 2 is 1.93 bits per heavy atom. The third-order valence-electron chi connectivity index (χ3n) is 2.58. The van der Waals surface area contributed by atoms with Gasteiger partial charge < -0.3 is 10.5 Å². The number of nitrogens with two attached hydrogens (primary N) is 1. The minimum absolute atomic E-state index is 0.0935. The molecular formula is C10H19NO2S. The second-order valence-corrected chi connectivity index (χ2v) is 4.20. The molecule has 0 aromatic carbocycles. The van der Waals surface area contributed by atoms with Crippen molar-refractivity contribution >= 4 is 18.6 Å². The maximum atomic E-state index is 11.4. The molecule has 0 saturated heterocycles. The van der Waals surface area contributed by atoms with Gasteiger partial charge in [0.1, 0.15) is 12.1 Å². The molecule has 1 atom stereocenters. The fraction of sp³-hybridized carbons (Fsp3) is 0.900. The summed E-state index contributed by atoms with van der Waals surface area (Å²) in [7, 11) is 0. The van der Waals surface area contributed by atoms with Crippen LogP contribution in [0.2, 0.25) is 0 Å². The molecule has 1 saturated carbocycles. The quantitative estimate of drug-likeness (QED) is 0.428. The summed E-state index contributed by atoms with van der Waals surface area (Å²) in [4.78, 5) is 11.4. The van der Waals surface area contributed by atoms with Gasteiger partial charge in [-0.3, -0.25) is 4.79 Å². The molecule has 3 nitrogen and oxygen atoms in total. The third-order valence-corrected chi connectivity index (χ3v) is 2.98. The van der Waals surface area contributed by atoms with E-state index in [1.807, 2.05) is 0 Å². The first-order valence-electron chi connectivity index (χ1n) is 5.31. The minimum atomic E-state index is -0.568. The molecule has 0 radical (unpaired) electrons. The molecule has 14 heavy (non-hydrogen) atoms. The monoisotopic (exact) mass is 217 g/mol. The molecule has 4 heteroatoms. The van der Waals surface area contributed by atoms with Crippen LogP contribution in [-0.2, 0) is 9.53 Å². The highest BCUT2D eigenvalue weighted by Crippen LogP contribution is 2.20. The Bertz CT molecular complexity index is 179. The Hall–Kier alpha value is -0.220. The summed E-state index contributed by atoms with van der Waals surface area (Å²) in [5.41, 5.74) is 5.52. The van der Waals surface area contributed by atoms with E-state index in [1.54, 1.807) is 0 Å². The zero-order valence-electron chi connectivity index (χ0n) is 8.45. The van der Waals surface area contributed by atoms with E-state index in [9.17, 15) is 4.79 Å². The molecule has 0 aliphatic heterocycles. The van der Waals surface area contributed by atoms with Gasteiger partial charge >= 0.3 is 5.97 Å². The molecule has 0 aromatic heterocycles. The molecule has 0 amide bonds. The first-order chi connectivity index (χ1) is 6.74. The van der Waals surface area contributed by atoms with Crippen LogP contribution in [-0.4, -0.2) is 23.9 Å². The second kappa shape index (κ2) is 6.30. The Kier molecular flexibility index (Phi) is 5.33. The number of hydrogen-bond acceptors (Lipinski definition) is 4. The molecule has 2 N–H and O–H groups in total. The molecule has 0 aromatic rings. The number of thiol groups is 1. The fourth-order valence-corrected chi connectivity index (χ4v) is 1.84. The molecule has 1 aliphatic rings. The van der Waals surface area contributed by atoms with Crippen molar-refractivity contribution in [3.05, 3.63) is 0 Å². The van der Waals surface area contributed by atoms with Crippen molar-refractivity contribution in [3.63, 3.8) is 0 Å². The van der Waals surface area contributed by atoms with Crippen molar-refractivity contribution in [2.24, 2.45) is 5.73 Å². The lowest BCUT2D eigenvalue weighted by Crippen LogP contribution is -2.36. The lowest BCUT2D eigenvalue weighted by atomic mass is 10.1. The Morgan fingerprint density at radius 1 is 1.36 bits per heavy atom. The van der Waals surface area contributed by atoms with E-state index in [0.717, 1.165) is 25.7 Å². The predicted molar refractivity (Wildman–Crippen MR) is 59.4 cm³/mol. The largest absolute Gasteiger partial charge is 0.461 e. The van der Waals surface area contributed by atoms with E-state index in [-0.39, 0.29) is 12.1 Å². The molecule has 1 aliphatic carbocycles. The summed E-state index contributed by atoms with van der Waals surface area (Å²) >= 11 is 3.97. The van der Waals surface area contributed by atoms with Crippen LogP contribution in [0.1, 0.15) is 38.5 Å². The van der Waals surface area contributed by atoms with Gasteiger partial charge in [0.05, 0.1) is 0 Å². The third kappa shape index (κ3) is 3.88. The molecule has 0 heterocycles. The molecule has 0 unspecified atom stereocenters. The summed E-state index contributed by atoms with van der Waals surface area (Å²) in [5, 5.41) is 0. The lowest BCUT2D eigenvalue weighted by molar-refractivity contribution is -0.150. The standard InChI is InChI=1S/C10H19NO2S/c11-9(7-14)10(12)13-8-5-3-1-2-4-6-8/h8-9,14H,1-7,11H2/t9-/m1/s1.